The van der Waals surface area contributed by atoms with E-state index in [1.807, 2.05) is 69.3 Å². The first-order valence-corrected chi connectivity index (χ1v) is 9.58. The van der Waals surface area contributed by atoms with Gasteiger partial charge >= 0.3 is 0 Å². The van der Waals surface area contributed by atoms with Gasteiger partial charge in [0.1, 0.15) is 11.8 Å². The van der Waals surface area contributed by atoms with Crippen LogP contribution in [0.2, 0.25) is 0 Å². The van der Waals surface area contributed by atoms with Crippen molar-refractivity contribution in [3.63, 3.8) is 0 Å². The Bertz CT molecular complexity index is 782. The van der Waals surface area contributed by atoms with Gasteiger partial charge in [-0.05, 0) is 37.1 Å². The maximum absolute atomic E-state index is 12.7. The summed E-state index contributed by atoms with van der Waals surface area (Å²) >= 11 is 0. The van der Waals surface area contributed by atoms with Crippen LogP contribution in [0.15, 0.2) is 48.5 Å². The molecule has 0 aliphatic heterocycles. The minimum Gasteiger partial charge on any atom is -0.497 e. The van der Waals surface area contributed by atoms with Crippen molar-refractivity contribution in [2.45, 2.75) is 46.8 Å². The molecule has 1 N–H and O–H groups in total. The van der Waals surface area contributed by atoms with E-state index in [-0.39, 0.29) is 17.7 Å². The number of benzene rings is 2. The monoisotopic (exact) mass is 382 g/mol. The zero-order chi connectivity index (χ0) is 20.7. The summed E-state index contributed by atoms with van der Waals surface area (Å²) < 4.78 is 5.18. The van der Waals surface area contributed by atoms with E-state index < -0.39 is 6.04 Å². The molecule has 2 aromatic carbocycles. The normalized spacial score (nSPS) is 11.8. The summed E-state index contributed by atoms with van der Waals surface area (Å²) in [5, 5.41) is 2.94. The van der Waals surface area contributed by atoms with E-state index in [0.717, 1.165) is 16.9 Å². The Balaban J connectivity index is 2.08. The molecule has 0 radical (unpaired) electrons. The number of rotatable bonds is 8. The zero-order valence-electron chi connectivity index (χ0n) is 17.4. The number of carbonyl (C=O) groups excluding carboxylic acids is 2. The summed E-state index contributed by atoms with van der Waals surface area (Å²) in [7, 11) is 1.62. The third-order valence-electron chi connectivity index (χ3n) is 4.72. The first-order chi connectivity index (χ1) is 13.3. The molecule has 0 saturated carbocycles. The van der Waals surface area contributed by atoms with Gasteiger partial charge in [0.25, 0.3) is 0 Å². The van der Waals surface area contributed by atoms with Crippen molar-refractivity contribution in [3.8, 4) is 5.75 Å². The molecule has 0 heterocycles. The number of nitrogens with zero attached hydrogens (tertiary/aromatic N) is 1. The van der Waals surface area contributed by atoms with E-state index in [1.165, 1.54) is 5.56 Å². The van der Waals surface area contributed by atoms with E-state index >= 15 is 0 Å². The Morgan fingerprint density at radius 1 is 0.964 bits per heavy atom. The first kappa shape index (κ1) is 21.5. The molecule has 2 aromatic rings. The number of carbonyl (C=O) groups is 2. The van der Waals surface area contributed by atoms with E-state index in [1.54, 1.807) is 18.9 Å². The number of ether oxygens (including phenoxy) is 1. The molecule has 150 valence electrons. The lowest BCUT2D eigenvalue weighted by atomic mass is 10.1. The Morgan fingerprint density at radius 3 is 2.07 bits per heavy atom. The Labute approximate surface area is 167 Å². The quantitative estimate of drug-likeness (QED) is 0.757. The lowest BCUT2D eigenvalue weighted by molar-refractivity contribution is -0.143. The minimum atomic E-state index is -0.567. The fraction of sp³-hybridized carbons (Fsp3) is 0.391. The summed E-state index contributed by atoms with van der Waals surface area (Å²) in [5.41, 5.74) is 3.16. The van der Waals surface area contributed by atoms with Gasteiger partial charge in [-0.25, -0.2) is 0 Å². The molecule has 0 aliphatic rings. The topological polar surface area (TPSA) is 58.6 Å². The molecule has 28 heavy (non-hydrogen) atoms. The molecule has 5 nitrogen and oxygen atoms in total. The van der Waals surface area contributed by atoms with Gasteiger partial charge in [-0.15, -0.1) is 0 Å². The van der Waals surface area contributed by atoms with Crippen LogP contribution >= 0.6 is 0 Å². The fourth-order valence-electron chi connectivity index (χ4n) is 2.85. The summed E-state index contributed by atoms with van der Waals surface area (Å²) in [5.74, 6) is 0.358. The molecule has 0 saturated heterocycles. The van der Waals surface area contributed by atoms with Crippen molar-refractivity contribution in [2.75, 3.05) is 7.11 Å². The number of methoxy groups -OCH3 is 1. The van der Waals surface area contributed by atoms with E-state index in [2.05, 4.69) is 5.32 Å². The lowest BCUT2D eigenvalue weighted by Gasteiger charge is -2.30. The Morgan fingerprint density at radius 2 is 1.54 bits per heavy atom. The van der Waals surface area contributed by atoms with Crippen LogP contribution in [0.5, 0.6) is 5.75 Å². The van der Waals surface area contributed by atoms with E-state index in [9.17, 15) is 9.59 Å². The molecule has 0 bridgehead atoms. The minimum absolute atomic E-state index is 0.0474. The predicted molar refractivity (Wildman–Crippen MR) is 111 cm³/mol. The fourth-order valence-corrected chi connectivity index (χ4v) is 2.85. The number of amides is 2. The van der Waals surface area contributed by atoms with Gasteiger partial charge in [-0.2, -0.15) is 0 Å². The molecule has 2 amide bonds. The van der Waals surface area contributed by atoms with Gasteiger partial charge in [0.2, 0.25) is 11.8 Å². The second kappa shape index (κ2) is 9.93. The number of nitrogens with one attached hydrogen (secondary N) is 1. The van der Waals surface area contributed by atoms with Crippen molar-refractivity contribution in [2.24, 2.45) is 5.92 Å². The second-order valence-electron chi connectivity index (χ2n) is 7.35. The average molecular weight is 383 g/mol. The van der Waals surface area contributed by atoms with Crippen LogP contribution in [-0.4, -0.2) is 29.9 Å². The highest BCUT2D eigenvalue weighted by atomic mass is 16.5. The molecular formula is C23H30N2O3. The SMILES string of the molecule is COc1ccc(CN(C(=O)C(C)C)C(C)C(=O)NCc2ccc(C)cc2)cc1. The van der Waals surface area contributed by atoms with E-state index in [0.29, 0.717) is 13.1 Å². The van der Waals surface area contributed by atoms with Crippen molar-refractivity contribution in [1.82, 2.24) is 10.2 Å². The van der Waals surface area contributed by atoms with Crippen LogP contribution in [0.25, 0.3) is 0 Å². The highest BCUT2D eigenvalue weighted by Crippen LogP contribution is 2.16. The predicted octanol–water partition coefficient (Wildman–Crippen LogP) is 3.69. The van der Waals surface area contributed by atoms with Crippen LogP contribution in [0, 0.1) is 12.8 Å². The molecule has 5 heteroatoms. The van der Waals surface area contributed by atoms with Crippen LogP contribution in [-0.2, 0) is 22.7 Å². The summed E-state index contributed by atoms with van der Waals surface area (Å²) in [6.45, 7) is 8.31. The van der Waals surface area contributed by atoms with Gasteiger partial charge in [-0.3, -0.25) is 9.59 Å². The van der Waals surface area contributed by atoms with Gasteiger partial charge in [0, 0.05) is 19.0 Å². The standard InChI is InChI=1S/C23H30N2O3/c1-16(2)23(27)25(15-20-10-12-21(28-5)13-11-20)18(4)22(26)24-14-19-8-6-17(3)7-9-19/h6-13,16,18H,14-15H2,1-5H3,(H,24,26). The second-order valence-corrected chi connectivity index (χ2v) is 7.35. The average Bonchev–Trinajstić information content (AvgIpc) is 2.70. The molecule has 1 atom stereocenters. The summed E-state index contributed by atoms with van der Waals surface area (Å²) in [6.07, 6.45) is 0. The van der Waals surface area contributed by atoms with Crippen LogP contribution in [0.4, 0.5) is 0 Å². The zero-order valence-corrected chi connectivity index (χ0v) is 17.4. The number of hydrogen-bond donors (Lipinski definition) is 1. The Kier molecular flexibility index (Phi) is 7.61. The molecule has 0 fully saturated rings. The number of hydrogen-bond acceptors (Lipinski definition) is 3. The molecule has 0 aliphatic carbocycles. The van der Waals surface area contributed by atoms with Crippen LogP contribution in [0.1, 0.15) is 37.5 Å². The third kappa shape index (κ3) is 5.84. The third-order valence-corrected chi connectivity index (χ3v) is 4.72. The van der Waals surface area contributed by atoms with E-state index in [4.69, 9.17) is 4.74 Å². The molecule has 0 aromatic heterocycles. The Hall–Kier alpha value is -2.82. The largest absolute Gasteiger partial charge is 0.497 e. The first-order valence-electron chi connectivity index (χ1n) is 9.58. The highest BCUT2D eigenvalue weighted by molar-refractivity contribution is 5.88. The maximum atomic E-state index is 12.7. The van der Waals surface area contributed by atoms with Crippen molar-refractivity contribution >= 4 is 11.8 Å². The van der Waals surface area contributed by atoms with Crippen LogP contribution in [0.3, 0.4) is 0 Å². The van der Waals surface area contributed by atoms with Crippen LogP contribution < -0.4 is 10.1 Å². The molecule has 2 rings (SSSR count). The number of aryl methyl sites for hydroxylation is 1. The van der Waals surface area contributed by atoms with Gasteiger partial charge in [0.05, 0.1) is 7.11 Å². The smallest absolute Gasteiger partial charge is 0.242 e. The summed E-state index contributed by atoms with van der Waals surface area (Å²) in [4.78, 5) is 27.1. The lowest BCUT2D eigenvalue weighted by Crippen LogP contribution is -2.48. The van der Waals surface area contributed by atoms with Gasteiger partial charge < -0.3 is 15.0 Å². The van der Waals surface area contributed by atoms with Gasteiger partial charge in [-0.1, -0.05) is 55.8 Å². The van der Waals surface area contributed by atoms with Crippen molar-refractivity contribution in [3.05, 3.63) is 65.2 Å². The van der Waals surface area contributed by atoms with Gasteiger partial charge in [0.15, 0.2) is 0 Å². The molecule has 0 spiro atoms. The molecule has 1 unspecified atom stereocenters. The summed E-state index contributed by atoms with van der Waals surface area (Å²) in [6, 6.07) is 15.0. The van der Waals surface area contributed by atoms with Crippen molar-refractivity contribution < 1.29 is 14.3 Å². The maximum Gasteiger partial charge on any atom is 0.242 e. The molecular weight excluding hydrogens is 352 g/mol. The highest BCUT2D eigenvalue weighted by Gasteiger charge is 2.27. The van der Waals surface area contributed by atoms with Crippen molar-refractivity contribution in [1.29, 1.82) is 0 Å².